The second kappa shape index (κ2) is 5.50. The summed E-state index contributed by atoms with van der Waals surface area (Å²) in [4.78, 5) is 10.5. The highest BCUT2D eigenvalue weighted by Crippen LogP contribution is 2.05. The number of nitrogens with zero attached hydrogens (tertiary/aromatic N) is 1. The summed E-state index contributed by atoms with van der Waals surface area (Å²) in [7, 11) is 0. The lowest BCUT2D eigenvalue weighted by Gasteiger charge is -2.12. The lowest BCUT2D eigenvalue weighted by Crippen LogP contribution is -2.26. The summed E-state index contributed by atoms with van der Waals surface area (Å²) >= 11 is 0. The Morgan fingerprint density at radius 1 is 1.60 bits per heavy atom. The van der Waals surface area contributed by atoms with Crippen LogP contribution in [0.2, 0.25) is 0 Å². The highest BCUT2D eigenvalue weighted by molar-refractivity contribution is 5.85. The fourth-order valence-electron chi connectivity index (χ4n) is 1.32. The lowest BCUT2D eigenvalue weighted by atomic mass is 10.2. The number of aromatic carboxylic acids is 1. The molecule has 0 spiro atoms. The molecule has 0 atom stereocenters. The Balaban J connectivity index is 2.47. The molecule has 1 rings (SSSR count). The molecule has 0 aromatic carbocycles. The van der Waals surface area contributed by atoms with Crippen molar-refractivity contribution in [3.63, 3.8) is 0 Å². The summed E-state index contributed by atoms with van der Waals surface area (Å²) < 4.78 is 4.87. The average Bonchev–Trinajstić information content (AvgIpc) is 2.68. The number of aromatic nitrogens is 1. The normalized spacial score (nSPS) is 10.9. The molecule has 0 saturated carbocycles. The molecule has 0 fully saturated rings. The minimum atomic E-state index is -1.06. The van der Waals surface area contributed by atoms with Crippen LogP contribution >= 0.6 is 0 Å². The molecule has 0 aliphatic rings. The van der Waals surface area contributed by atoms with Crippen molar-refractivity contribution >= 4 is 5.97 Å². The van der Waals surface area contributed by atoms with Crippen molar-refractivity contribution in [1.29, 1.82) is 0 Å². The first-order chi connectivity index (χ1) is 7.17. The van der Waals surface area contributed by atoms with Crippen LogP contribution in [-0.4, -0.2) is 22.3 Å². The SMILES string of the molecule is CCC(CC)NCc1cc(C(=O)O)no1. The number of carboxylic acid groups (broad SMARTS) is 1. The van der Waals surface area contributed by atoms with Gasteiger partial charge in [-0.3, -0.25) is 0 Å². The van der Waals surface area contributed by atoms with E-state index >= 15 is 0 Å². The predicted octanol–water partition coefficient (Wildman–Crippen LogP) is 1.65. The first-order valence-corrected chi connectivity index (χ1v) is 5.09. The van der Waals surface area contributed by atoms with Crippen molar-refractivity contribution in [3.05, 3.63) is 17.5 Å². The Kier molecular flexibility index (Phi) is 4.30. The minimum Gasteiger partial charge on any atom is -0.476 e. The van der Waals surface area contributed by atoms with E-state index in [0.29, 0.717) is 18.3 Å². The van der Waals surface area contributed by atoms with E-state index in [1.807, 2.05) is 0 Å². The molecule has 0 aliphatic heterocycles. The Hall–Kier alpha value is -1.36. The molecule has 15 heavy (non-hydrogen) atoms. The van der Waals surface area contributed by atoms with Gasteiger partial charge < -0.3 is 14.9 Å². The van der Waals surface area contributed by atoms with Gasteiger partial charge in [-0.1, -0.05) is 19.0 Å². The zero-order chi connectivity index (χ0) is 11.3. The van der Waals surface area contributed by atoms with Gasteiger partial charge in [0.05, 0.1) is 6.54 Å². The predicted molar refractivity (Wildman–Crippen MR) is 54.7 cm³/mol. The third-order valence-corrected chi connectivity index (χ3v) is 2.33. The van der Waals surface area contributed by atoms with Crippen LogP contribution in [0.5, 0.6) is 0 Å². The Bertz CT molecular complexity index is 318. The van der Waals surface area contributed by atoms with Gasteiger partial charge in [-0.15, -0.1) is 0 Å². The third kappa shape index (κ3) is 3.36. The van der Waals surface area contributed by atoms with Crippen LogP contribution in [-0.2, 0) is 6.54 Å². The van der Waals surface area contributed by atoms with Crippen LogP contribution in [0.15, 0.2) is 10.6 Å². The van der Waals surface area contributed by atoms with E-state index in [4.69, 9.17) is 9.63 Å². The maximum absolute atomic E-state index is 10.5. The van der Waals surface area contributed by atoms with Gasteiger partial charge in [0.15, 0.2) is 11.5 Å². The summed E-state index contributed by atoms with van der Waals surface area (Å²) in [6, 6.07) is 1.88. The fraction of sp³-hybridized carbons (Fsp3) is 0.600. The van der Waals surface area contributed by atoms with E-state index < -0.39 is 5.97 Å². The fourth-order valence-corrected chi connectivity index (χ4v) is 1.32. The van der Waals surface area contributed by atoms with Crippen molar-refractivity contribution in [2.75, 3.05) is 0 Å². The van der Waals surface area contributed by atoms with Gasteiger partial charge in [-0.2, -0.15) is 0 Å². The van der Waals surface area contributed by atoms with Crippen molar-refractivity contribution in [2.24, 2.45) is 0 Å². The van der Waals surface area contributed by atoms with Crippen molar-refractivity contribution in [3.8, 4) is 0 Å². The van der Waals surface area contributed by atoms with E-state index in [-0.39, 0.29) is 5.69 Å². The first kappa shape index (κ1) is 11.7. The highest BCUT2D eigenvalue weighted by atomic mass is 16.5. The maximum atomic E-state index is 10.5. The van der Waals surface area contributed by atoms with Gasteiger partial charge in [-0.25, -0.2) is 4.79 Å². The molecule has 0 unspecified atom stereocenters. The number of rotatable bonds is 6. The lowest BCUT2D eigenvalue weighted by molar-refractivity contribution is 0.0685. The topological polar surface area (TPSA) is 75.4 Å². The second-order valence-corrected chi connectivity index (χ2v) is 3.38. The van der Waals surface area contributed by atoms with Crippen molar-refractivity contribution in [1.82, 2.24) is 10.5 Å². The van der Waals surface area contributed by atoms with Crippen LogP contribution in [0.3, 0.4) is 0 Å². The van der Waals surface area contributed by atoms with Gasteiger partial charge in [0, 0.05) is 12.1 Å². The van der Waals surface area contributed by atoms with E-state index in [1.165, 1.54) is 6.07 Å². The van der Waals surface area contributed by atoms with Gasteiger partial charge in [0.1, 0.15) is 0 Å². The largest absolute Gasteiger partial charge is 0.476 e. The number of nitrogens with one attached hydrogen (secondary N) is 1. The Morgan fingerprint density at radius 2 is 2.27 bits per heavy atom. The smallest absolute Gasteiger partial charge is 0.358 e. The molecule has 0 amide bonds. The molecule has 84 valence electrons. The molecule has 1 heterocycles. The number of carbonyl (C=O) groups is 1. The molecular formula is C10H16N2O3. The van der Waals surface area contributed by atoms with E-state index in [0.717, 1.165) is 12.8 Å². The third-order valence-electron chi connectivity index (χ3n) is 2.33. The number of hydrogen-bond acceptors (Lipinski definition) is 4. The molecule has 0 saturated heterocycles. The minimum absolute atomic E-state index is 0.0450. The monoisotopic (exact) mass is 212 g/mol. The summed E-state index contributed by atoms with van der Waals surface area (Å²) in [5, 5.41) is 15.3. The quantitative estimate of drug-likeness (QED) is 0.749. The van der Waals surface area contributed by atoms with Gasteiger partial charge in [-0.05, 0) is 12.8 Å². The van der Waals surface area contributed by atoms with Crippen LogP contribution in [0, 0.1) is 0 Å². The van der Waals surface area contributed by atoms with Crippen molar-refractivity contribution < 1.29 is 14.4 Å². The first-order valence-electron chi connectivity index (χ1n) is 5.09. The second-order valence-electron chi connectivity index (χ2n) is 3.38. The van der Waals surface area contributed by atoms with Crippen LogP contribution in [0.1, 0.15) is 42.9 Å². The van der Waals surface area contributed by atoms with Crippen LogP contribution in [0.25, 0.3) is 0 Å². The van der Waals surface area contributed by atoms with E-state index in [9.17, 15) is 4.79 Å². The number of carboxylic acids is 1. The summed E-state index contributed by atoms with van der Waals surface area (Å²) in [6.07, 6.45) is 2.08. The standard InChI is InChI=1S/C10H16N2O3/c1-3-7(4-2)11-6-8-5-9(10(13)14)12-15-8/h5,7,11H,3-4,6H2,1-2H3,(H,13,14). The molecule has 0 bridgehead atoms. The molecular weight excluding hydrogens is 196 g/mol. The summed E-state index contributed by atoms with van der Waals surface area (Å²) in [6.45, 7) is 4.72. The van der Waals surface area contributed by atoms with Crippen molar-refractivity contribution in [2.45, 2.75) is 39.3 Å². The average molecular weight is 212 g/mol. The maximum Gasteiger partial charge on any atom is 0.358 e. The zero-order valence-electron chi connectivity index (χ0n) is 8.99. The molecule has 0 aliphatic carbocycles. The van der Waals surface area contributed by atoms with Gasteiger partial charge in [0.25, 0.3) is 0 Å². The number of hydrogen-bond donors (Lipinski definition) is 2. The van der Waals surface area contributed by atoms with Crippen LogP contribution < -0.4 is 5.32 Å². The summed E-state index contributed by atoms with van der Waals surface area (Å²) in [5.74, 6) is -0.508. The molecule has 1 aromatic rings. The molecule has 5 heteroatoms. The highest BCUT2D eigenvalue weighted by Gasteiger charge is 2.11. The van der Waals surface area contributed by atoms with Crippen LogP contribution in [0.4, 0.5) is 0 Å². The van der Waals surface area contributed by atoms with Gasteiger partial charge >= 0.3 is 5.97 Å². The van der Waals surface area contributed by atoms with E-state index in [1.54, 1.807) is 0 Å². The Morgan fingerprint density at radius 3 is 2.73 bits per heavy atom. The molecule has 2 N–H and O–H groups in total. The summed E-state index contributed by atoms with van der Waals surface area (Å²) in [5.41, 5.74) is -0.0450. The molecule has 1 aromatic heterocycles. The zero-order valence-corrected chi connectivity index (χ0v) is 8.99. The van der Waals surface area contributed by atoms with Gasteiger partial charge in [0.2, 0.25) is 0 Å². The Labute approximate surface area is 88.5 Å². The van der Waals surface area contributed by atoms with E-state index in [2.05, 4.69) is 24.3 Å². The molecule has 5 nitrogen and oxygen atoms in total. The molecule has 0 radical (unpaired) electrons.